The number of benzene rings is 1. The van der Waals surface area contributed by atoms with Crippen molar-refractivity contribution >= 4 is 44.5 Å². The summed E-state index contributed by atoms with van der Waals surface area (Å²) in [4.78, 5) is 15.5. The zero-order valence-electron chi connectivity index (χ0n) is 17.3. The Bertz CT molecular complexity index is 1140. The molecule has 0 bridgehead atoms. The summed E-state index contributed by atoms with van der Waals surface area (Å²) in [6.45, 7) is 4.00. The van der Waals surface area contributed by atoms with Gasteiger partial charge < -0.3 is 9.67 Å². The molecule has 0 saturated heterocycles. The van der Waals surface area contributed by atoms with Gasteiger partial charge in [-0.2, -0.15) is 8.42 Å². The summed E-state index contributed by atoms with van der Waals surface area (Å²) in [7, 11) is -4.04. The van der Waals surface area contributed by atoms with Gasteiger partial charge in [0.05, 0.1) is 6.33 Å². The fourth-order valence-electron chi connectivity index (χ4n) is 2.43. The van der Waals surface area contributed by atoms with Crippen molar-refractivity contribution in [1.29, 1.82) is 0 Å². The smallest absolute Gasteiger partial charge is 0.354 e. The van der Waals surface area contributed by atoms with Crippen LogP contribution in [0.15, 0.2) is 54.1 Å². The number of hydrogen-bond acceptors (Lipinski definition) is 5. The van der Waals surface area contributed by atoms with Gasteiger partial charge in [0, 0.05) is 37.1 Å². The van der Waals surface area contributed by atoms with Gasteiger partial charge in [-0.1, -0.05) is 26.0 Å². The number of imidazole rings is 1. The molecule has 2 heterocycles. The normalized spacial score (nSPS) is 11.4. The first-order valence-corrected chi connectivity index (χ1v) is 12.2. The molecule has 2 aromatic heterocycles. The van der Waals surface area contributed by atoms with Gasteiger partial charge in [-0.15, -0.1) is 11.6 Å². The molecule has 0 aliphatic carbocycles. The van der Waals surface area contributed by atoms with Gasteiger partial charge in [0.25, 0.3) is 0 Å². The second-order valence-corrected chi connectivity index (χ2v) is 8.13. The van der Waals surface area contributed by atoms with Crippen LogP contribution in [0.1, 0.15) is 24.3 Å². The Balaban J connectivity index is 0.00000113. The Kier molecular flexibility index (Phi) is 9.91. The number of aryl methyl sites for hydroxylation is 1. The molecular weight excluding hydrogens is 466 g/mol. The molecule has 31 heavy (non-hydrogen) atoms. The maximum Gasteiger partial charge on any atom is 0.354 e. The number of carboxylic acids is 1. The third kappa shape index (κ3) is 6.66. The van der Waals surface area contributed by atoms with Crippen LogP contribution < -0.4 is 9.86 Å². The molecule has 1 unspecified atom stereocenters. The molecule has 0 aliphatic rings. The molecule has 3 aromatic rings. The second-order valence-electron chi connectivity index (χ2n) is 5.55. The lowest BCUT2D eigenvalue weighted by Crippen LogP contribution is -2.24. The number of hydrogen-bond donors (Lipinski definition) is 3. The number of halogens is 1. The van der Waals surface area contributed by atoms with Crippen LogP contribution in [0.5, 0.6) is 0 Å². The van der Waals surface area contributed by atoms with Crippen LogP contribution in [0.25, 0.3) is 11.1 Å². The predicted molar refractivity (Wildman–Crippen MR) is 122 cm³/mol. The maximum absolute atomic E-state index is 12.2. The number of aromatic nitrogens is 3. The molecule has 0 fully saturated rings. The molecule has 170 valence electrons. The summed E-state index contributed by atoms with van der Waals surface area (Å²) < 4.78 is 40.2. The number of nitrogens with zero attached hydrogens (tertiary/aromatic N) is 3. The quantitative estimate of drug-likeness (QED) is 0.453. The van der Waals surface area contributed by atoms with E-state index in [9.17, 15) is 22.5 Å². The zero-order chi connectivity index (χ0) is 23.8. The summed E-state index contributed by atoms with van der Waals surface area (Å²) in [5.41, 5.74) is 0.707. The van der Waals surface area contributed by atoms with Crippen LogP contribution in [0, 0.1) is 0 Å². The van der Waals surface area contributed by atoms with Gasteiger partial charge in [0.1, 0.15) is 0 Å². The molecule has 0 amide bonds. The molecule has 13 heteroatoms. The number of nitrogens with one attached hydrogen (secondary N) is 1. The van der Waals surface area contributed by atoms with E-state index >= 15 is 0 Å². The fraction of sp³-hybridized carbons (Fsp3) is 0.222. The Labute approximate surface area is 188 Å². The zero-order valence-corrected chi connectivity index (χ0v) is 19.7. The van der Waals surface area contributed by atoms with Crippen molar-refractivity contribution in [2.75, 3.05) is 11.1 Å². The summed E-state index contributed by atoms with van der Waals surface area (Å²) in [6.07, 6.45) is 5.70. The number of anilines is 1. The highest BCUT2D eigenvalue weighted by molar-refractivity contribution is 7.87. The number of alkyl halides is 1. The third-order valence-electron chi connectivity index (χ3n) is 3.61. The summed E-state index contributed by atoms with van der Waals surface area (Å²) in [5.74, 6) is -1.43. The van der Waals surface area contributed by atoms with E-state index < -0.39 is 32.9 Å². The molecule has 4 N–H and O–H groups in total. The monoisotopic (exact) mass is 489 g/mol. The minimum absolute atomic E-state index is 0.189. The van der Waals surface area contributed by atoms with Crippen LogP contribution in [-0.2, 0) is 28.2 Å². The van der Waals surface area contributed by atoms with Gasteiger partial charge in [-0.25, -0.2) is 23.1 Å². The molecule has 0 saturated carbocycles. The molecule has 1 aromatic carbocycles. The lowest BCUT2D eigenvalue weighted by molar-refractivity contribution is 0.0690. The van der Waals surface area contributed by atoms with Crippen LogP contribution in [0.3, 0.4) is 0 Å². The van der Waals surface area contributed by atoms with Crippen molar-refractivity contribution < 1.29 is 22.5 Å². The van der Waals surface area contributed by atoms with Gasteiger partial charge >= 0.3 is 16.2 Å². The van der Waals surface area contributed by atoms with Crippen molar-refractivity contribution in [3.63, 3.8) is 0 Å². The molecule has 0 aliphatic heterocycles. The molecule has 3 rings (SSSR count). The van der Waals surface area contributed by atoms with E-state index in [0.29, 0.717) is 20.2 Å². The number of aromatic carboxylic acids is 1. The Morgan fingerprint density at radius 2 is 1.77 bits per heavy atom. The molecule has 0 radical (unpaired) electrons. The van der Waals surface area contributed by atoms with Crippen LogP contribution >= 0.6 is 11.6 Å². The first-order valence-electron chi connectivity index (χ1n) is 8.79. The predicted octanol–water partition coefficient (Wildman–Crippen LogP) is 2.65. The standard InChI is InChI=1S/C15H15N5O5S2.C2H6.CH3Cl/c1-19-8-13(17-9-19)26(23)18-11-4-2-10(3-5-11)12-6-7-20(27(16,24)25)14(12)15(21)22;2*1-2/h2-9,18H,1H3,(H,21,22)(H2,16,24,25);1-2H3;1H3. The second kappa shape index (κ2) is 11.6. The lowest BCUT2D eigenvalue weighted by atomic mass is 10.1. The maximum atomic E-state index is 12.2. The highest BCUT2D eigenvalue weighted by Gasteiger charge is 2.22. The van der Waals surface area contributed by atoms with E-state index in [4.69, 9.17) is 5.14 Å². The van der Waals surface area contributed by atoms with E-state index in [0.717, 1.165) is 6.20 Å². The minimum atomic E-state index is -4.24. The summed E-state index contributed by atoms with van der Waals surface area (Å²) >= 11 is 4.64. The van der Waals surface area contributed by atoms with Crippen molar-refractivity contribution in [1.82, 2.24) is 13.5 Å². The molecule has 10 nitrogen and oxygen atoms in total. The number of rotatable bonds is 6. The van der Waals surface area contributed by atoms with E-state index in [1.54, 1.807) is 42.1 Å². The lowest BCUT2D eigenvalue weighted by Gasteiger charge is -2.07. The van der Waals surface area contributed by atoms with Crippen LogP contribution in [0.2, 0.25) is 0 Å². The van der Waals surface area contributed by atoms with Crippen molar-refractivity contribution in [3.8, 4) is 11.1 Å². The summed E-state index contributed by atoms with van der Waals surface area (Å²) in [5, 5.41) is 14.8. The average Bonchev–Trinajstić information content (AvgIpc) is 3.38. The van der Waals surface area contributed by atoms with Gasteiger partial charge in [0.15, 0.2) is 21.7 Å². The summed E-state index contributed by atoms with van der Waals surface area (Å²) in [6, 6.07) is 7.69. The van der Waals surface area contributed by atoms with Crippen molar-refractivity contribution in [2.24, 2.45) is 12.2 Å². The number of carboxylic acid groups (broad SMARTS) is 1. The Hall–Kier alpha value is -2.67. The first-order chi connectivity index (χ1) is 14.7. The number of nitrogens with two attached hydrogens (primary N) is 1. The van der Waals surface area contributed by atoms with Gasteiger partial charge in [-0.3, -0.25) is 4.72 Å². The van der Waals surface area contributed by atoms with Gasteiger partial charge in [-0.05, 0) is 23.8 Å². The van der Waals surface area contributed by atoms with Gasteiger partial charge in [0.2, 0.25) is 0 Å². The van der Waals surface area contributed by atoms with Crippen LogP contribution in [0.4, 0.5) is 5.69 Å². The molecule has 0 spiro atoms. The van der Waals surface area contributed by atoms with E-state index in [1.165, 1.54) is 18.8 Å². The molecule has 1 atom stereocenters. The van der Waals surface area contributed by atoms with E-state index in [-0.39, 0.29) is 5.56 Å². The first kappa shape index (κ1) is 26.4. The van der Waals surface area contributed by atoms with Crippen molar-refractivity contribution in [2.45, 2.75) is 18.9 Å². The SMILES string of the molecule is CC.CCl.Cn1cnc(S(=O)Nc2ccc(-c3ccn(S(N)(=O)=O)c3C(=O)O)cc2)c1. The topological polar surface area (TPSA) is 149 Å². The number of carbonyl (C=O) groups is 1. The van der Waals surface area contributed by atoms with E-state index in [1.807, 2.05) is 13.8 Å². The van der Waals surface area contributed by atoms with Crippen LogP contribution in [-0.4, -0.2) is 43.6 Å². The Morgan fingerprint density at radius 3 is 2.23 bits per heavy atom. The average molecular weight is 490 g/mol. The molecular formula is C18H24ClN5O5S2. The van der Waals surface area contributed by atoms with Crippen molar-refractivity contribution in [3.05, 3.63) is 54.7 Å². The minimum Gasteiger partial charge on any atom is -0.477 e. The largest absolute Gasteiger partial charge is 0.477 e. The highest BCUT2D eigenvalue weighted by atomic mass is 35.5. The van der Waals surface area contributed by atoms with E-state index in [2.05, 4.69) is 21.3 Å². The highest BCUT2D eigenvalue weighted by Crippen LogP contribution is 2.27. The fourth-order valence-corrected chi connectivity index (χ4v) is 3.95. The third-order valence-corrected chi connectivity index (χ3v) is 5.47. The Morgan fingerprint density at radius 1 is 1.19 bits per heavy atom.